The number of carbonyl (C=O) groups excluding carboxylic acids is 2. The largest absolute Gasteiger partial charge is 0.366 e. The fourth-order valence-corrected chi connectivity index (χ4v) is 5.56. The van der Waals surface area contributed by atoms with Crippen molar-refractivity contribution in [3.05, 3.63) is 88.8 Å². The minimum Gasteiger partial charge on any atom is -0.366 e. The van der Waals surface area contributed by atoms with Gasteiger partial charge in [-0.1, -0.05) is 19.4 Å². The molecule has 0 radical (unpaired) electrons. The molecule has 2 N–H and O–H groups in total. The fraction of sp³-hybridized carbons (Fsp3) is 0.179. The van der Waals surface area contributed by atoms with Crippen LogP contribution in [0.3, 0.4) is 0 Å². The average molecular weight is 483 g/mol. The molecule has 0 aliphatic heterocycles. The lowest BCUT2D eigenvalue weighted by Gasteiger charge is -2.16. The minimum absolute atomic E-state index is 0.0518. The summed E-state index contributed by atoms with van der Waals surface area (Å²) in [4.78, 5) is 29.0. The van der Waals surface area contributed by atoms with Crippen molar-refractivity contribution in [3.63, 3.8) is 0 Å². The number of Topliss-reactive ketones (excluding diaryl/α,β-unsaturated/α-hetero) is 1. The molecule has 2 aromatic carbocycles. The van der Waals surface area contributed by atoms with Gasteiger partial charge in [-0.3, -0.25) is 9.59 Å². The SMILES string of the molecule is CCCc1cc(-n2c(-c3ccc(-n4ccnc4)cc3C)cc3sc(C(C)=O)cc32)ccc1C(N)=O. The number of nitrogens with two attached hydrogens (primary N) is 1. The second-order valence-electron chi connectivity index (χ2n) is 8.71. The molecule has 0 fully saturated rings. The van der Waals surface area contributed by atoms with Crippen LogP contribution in [-0.2, 0) is 6.42 Å². The highest BCUT2D eigenvalue weighted by Crippen LogP contribution is 2.38. The molecule has 6 nitrogen and oxygen atoms in total. The Hall–Kier alpha value is -3.97. The molecule has 176 valence electrons. The number of imidazole rings is 1. The molecular formula is C28H26N4O2S. The van der Waals surface area contributed by atoms with Crippen LogP contribution in [0.15, 0.2) is 67.3 Å². The molecule has 0 aliphatic rings. The molecule has 5 aromatic rings. The standard InChI is InChI=1S/C28H26N4O2S/c1-4-5-19-13-21(7-9-23(19)28(29)34)32-24(14-27-25(32)15-26(35-27)18(3)33)22-8-6-20(12-17(22)2)31-11-10-30-16-31/h6-16H,4-5H2,1-3H3,(H2,29,34). The zero-order valence-electron chi connectivity index (χ0n) is 19.9. The number of nitrogens with zero attached hydrogens (tertiary/aromatic N) is 3. The van der Waals surface area contributed by atoms with Gasteiger partial charge in [-0.2, -0.15) is 0 Å². The van der Waals surface area contributed by atoms with E-state index in [2.05, 4.69) is 47.7 Å². The number of ketones is 1. The van der Waals surface area contributed by atoms with Crippen molar-refractivity contribution < 1.29 is 9.59 Å². The Morgan fingerprint density at radius 2 is 1.86 bits per heavy atom. The number of fused-ring (bicyclic) bond motifs is 1. The van der Waals surface area contributed by atoms with Crippen LogP contribution >= 0.6 is 11.3 Å². The second kappa shape index (κ2) is 9.00. The van der Waals surface area contributed by atoms with Gasteiger partial charge in [-0.15, -0.1) is 11.3 Å². The van der Waals surface area contributed by atoms with Crippen LogP contribution in [0, 0.1) is 6.92 Å². The van der Waals surface area contributed by atoms with Crippen LogP contribution in [0.1, 0.15) is 51.4 Å². The summed E-state index contributed by atoms with van der Waals surface area (Å²) in [5.74, 6) is -0.367. The number of aromatic nitrogens is 3. The number of hydrogen-bond acceptors (Lipinski definition) is 4. The first-order valence-corrected chi connectivity index (χ1v) is 12.4. The summed E-state index contributed by atoms with van der Waals surface area (Å²) >= 11 is 1.50. The number of amides is 1. The zero-order chi connectivity index (χ0) is 24.7. The maximum Gasteiger partial charge on any atom is 0.248 e. The maximum atomic E-state index is 12.1. The quantitative estimate of drug-likeness (QED) is 0.284. The first kappa shape index (κ1) is 22.8. The molecule has 0 atom stereocenters. The first-order valence-electron chi connectivity index (χ1n) is 11.6. The van der Waals surface area contributed by atoms with Gasteiger partial charge in [-0.25, -0.2) is 4.98 Å². The number of carbonyl (C=O) groups is 2. The van der Waals surface area contributed by atoms with E-state index in [0.29, 0.717) is 5.56 Å². The molecule has 0 spiro atoms. The van der Waals surface area contributed by atoms with Crippen molar-refractivity contribution >= 4 is 33.2 Å². The topological polar surface area (TPSA) is 82.9 Å². The number of benzene rings is 2. The van der Waals surface area contributed by atoms with Crippen LogP contribution in [0.4, 0.5) is 0 Å². The molecule has 0 aliphatic carbocycles. The third-order valence-corrected chi connectivity index (χ3v) is 7.43. The van der Waals surface area contributed by atoms with Gasteiger partial charge in [0.05, 0.1) is 27.1 Å². The van der Waals surface area contributed by atoms with Crippen molar-refractivity contribution in [3.8, 4) is 22.6 Å². The van der Waals surface area contributed by atoms with Crippen LogP contribution in [0.2, 0.25) is 0 Å². The Morgan fingerprint density at radius 1 is 1.06 bits per heavy atom. The van der Waals surface area contributed by atoms with Crippen LogP contribution < -0.4 is 5.73 Å². The molecule has 0 saturated carbocycles. The second-order valence-corrected chi connectivity index (χ2v) is 9.79. The predicted octanol–water partition coefficient (Wildman–Crippen LogP) is 6.11. The third kappa shape index (κ3) is 4.08. The summed E-state index contributed by atoms with van der Waals surface area (Å²) < 4.78 is 5.20. The average Bonchev–Trinajstić information content (AvgIpc) is 3.55. The number of thiophene rings is 1. The Kier molecular flexibility index (Phi) is 5.86. The molecule has 5 rings (SSSR count). The van der Waals surface area contributed by atoms with Crippen LogP contribution in [0.5, 0.6) is 0 Å². The number of aryl methyl sites for hydroxylation is 2. The van der Waals surface area contributed by atoms with E-state index >= 15 is 0 Å². The van der Waals surface area contributed by atoms with Crippen molar-refractivity contribution in [2.24, 2.45) is 5.73 Å². The highest BCUT2D eigenvalue weighted by Gasteiger charge is 2.19. The van der Waals surface area contributed by atoms with E-state index in [1.807, 2.05) is 35.0 Å². The summed E-state index contributed by atoms with van der Waals surface area (Å²) in [6.07, 6.45) is 7.13. The van der Waals surface area contributed by atoms with E-state index in [0.717, 1.165) is 61.7 Å². The highest BCUT2D eigenvalue weighted by molar-refractivity contribution is 7.20. The number of primary amides is 1. The summed E-state index contributed by atoms with van der Waals surface area (Å²) in [5, 5.41) is 0. The molecule has 3 aromatic heterocycles. The Morgan fingerprint density at radius 3 is 2.51 bits per heavy atom. The van der Waals surface area contributed by atoms with Crippen LogP contribution in [-0.4, -0.2) is 25.8 Å². The third-order valence-electron chi connectivity index (χ3n) is 6.26. The lowest BCUT2D eigenvalue weighted by atomic mass is 10.0. The van der Waals surface area contributed by atoms with Gasteiger partial charge < -0.3 is 14.9 Å². The lowest BCUT2D eigenvalue weighted by Crippen LogP contribution is -2.14. The molecular weight excluding hydrogens is 456 g/mol. The van der Waals surface area contributed by atoms with Crippen molar-refractivity contribution in [1.29, 1.82) is 0 Å². The summed E-state index contributed by atoms with van der Waals surface area (Å²) in [7, 11) is 0. The minimum atomic E-state index is -0.418. The van der Waals surface area contributed by atoms with Gasteiger partial charge in [0.2, 0.25) is 5.91 Å². The van der Waals surface area contributed by atoms with Gasteiger partial charge in [-0.05, 0) is 73.9 Å². The summed E-state index contributed by atoms with van der Waals surface area (Å²) in [6, 6.07) is 16.2. The van der Waals surface area contributed by atoms with Crippen molar-refractivity contribution in [1.82, 2.24) is 14.1 Å². The van der Waals surface area contributed by atoms with Crippen molar-refractivity contribution in [2.75, 3.05) is 0 Å². The summed E-state index contributed by atoms with van der Waals surface area (Å²) in [5.41, 5.74) is 13.3. The van der Waals surface area contributed by atoms with Crippen molar-refractivity contribution in [2.45, 2.75) is 33.6 Å². The monoisotopic (exact) mass is 482 g/mol. The highest BCUT2D eigenvalue weighted by atomic mass is 32.1. The molecule has 0 bridgehead atoms. The zero-order valence-corrected chi connectivity index (χ0v) is 20.7. The van der Waals surface area contributed by atoms with E-state index in [1.54, 1.807) is 19.4 Å². The smallest absolute Gasteiger partial charge is 0.248 e. The molecule has 3 heterocycles. The van der Waals surface area contributed by atoms with Gasteiger partial charge in [0.1, 0.15) is 0 Å². The Balaban J connectivity index is 1.73. The summed E-state index contributed by atoms with van der Waals surface area (Å²) in [6.45, 7) is 5.77. The Bertz CT molecular complexity index is 1570. The fourth-order valence-electron chi connectivity index (χ4n) is 4.59. The first-order chi connectivity index (χ1) is 16.9. The molecule has 0 unspecified atom stereocenters. The number of rotatable bonds is 7. The van der Waals surface area contributed by atoms with E-state index in [9.17, 15) is 9.59 Å². The van der Waals surface area contributed by atoms with E-state index in [-0.39, 0.29) is 5.78 Å². The predicted molar refractivity (Wildman–Crippen MR) is 141 cm³/mol. The van der Waals surface area contributed by atoms with E-state index in [1.165, 1.54) is 11.3 Å². The maximum absolute atomic E-state index is 12.1. The van der Waals surface area contributed by atoms with Crippen LogP contribution in [0.25, 0.3) is 32.8 Å². The Labute approximate surface area is 207 Å². The normalized spacial score (nSPS) is 11.3. The molecule has 1 amide bonds. The van der Waals surface area contributed by atoms with Gasteiger partial charge in [0.25, 0.3) is 0 Å². The molecule has 35 heavy (non-hydrogen) atoms. The van der Waals surface area contributed by atoms with Gasteiger partial charge in [0, 0.05) is 34.9 Å². The van der Waals surface area contributed by atoms with Gasteiger partial charge in [0.15, 0.2) is 5.78 Å². The number of hydrogen-bond donors (Lipinski definition) is 1. The molecule has 0 saturated heterocycles. The van der Waals surface area contributed by atoms with E-state index < -0.39 is 5.91 Å². The van der Waals surface area contributed by atoms with Gasteiger partial charge >= 0.3 is 0 Å². The lowest BCUT2D eigenvalue weighted by molar-refractivity contribution is 0.0996. The van der Waals surface area contributed by atoms with E-state index in [4.69, 9.17) is 5.73 Å². The molecule has 7 heteroatoms.